The van der Waals surface area contributed by atoms with Crippen LogP contribution in [0.3, 0.4) is 0 Å². The highest BCUT2D eigenvalue weighted by atomic mass is 16.5. The fourth-order valence-electron chi connectivity index (χ4n) is 2.59. The minimum absolute atomic E-state index is 0.653. The van der Waals surface area contributed by atoms with Crippen LogP contribution in [0.2, 0.25) is 0 Å². The lowest BCUT2D eigenvalue weighted by Crippen LogP contribution is -2.12. The Morgan fingerprint density at radius 3 is 3.00 bits per heavy atom. The number of nitrogens with one attached hydrogen (secondary N) is 1. The van der Waals surface area contributed by atoms with Crippen molar-refractivity contribution in [3.05, 3.63) is 41.5 Å². The van der Waals surface area contributed by atoms with Crippen molar-refractivity contribution in [2.45, 2.75) is 32.2 Å². The molecule has 5 nitrogen and oxygen atoms in total. The van der Waals surface area contributed by atoms with Crippen molar-refractivity contribution in [2.24, 2.45) is 0 Å². The average molecular weight is 270 g/mol. The van der Waals surface area contributed by atoms with E-state index < -0.39 is 0 Å². The maximum Gasteiger partial charge on any atom is 0.218 e. The molecule has 0 bridgehead atoms. The number of rotatable bonds is 4. The molecular formula is C15H18N4O. The molecule has 2 heterocycles. The SMILES string of the molecule is COc1ncccc1CNc1ncnc2c1CCCC2. The van der Waals surface area contributed by atoms with Gasteiger partial charge in [0.05, 0.1) is 7.11 Å². The third-order valence-electron chi connectivity index (χ3n) is 3.61. The molecule has 0 aromatic carbocycles. The predicted octanol–water partition coefficient (Wildman–Crippen LogP) is 2.37. The first-order chi connectivity index (χ1) is 9.88. The van der Waals surface area contributed by atoms with Crippen molar-refractivity contribution in [1.29, 1.82) is 0 Å². The molecule has 5 heteroatoms. The van der Waals surface area contributed by atoms with Crippen LogP contribution in [-0.2, 0) is 19.4 Å². The summed E-state index contributed by atoms with van der Waals surface area (Å²) in [5.74, 6) is 1.60. The topological polar surface area (TPSA) is 59.9 Å². The Labute approximate surface area is 118 Å². The molecule has 0 saturated heterocycles. The van der Waals surface area contributed by atoms with Crippen molar-refractivity contribution in [3.63, 3.8) is 0 Å². The van der Waals surface area contributed by atoms with E-state index in [-0.39, 0.29) is 0 Å². The van der Waals surface area contributed by atoms with Crippen LogP contribution >= 0.6 is 0 Å². The number of methoxy groups -OCH3 is 1. The van der Waals surface area contributed by atoms with E-state index in [4.69, 9.17) is 4.74 Å². The number of fused-ring (bicyclic) bond motifs is 1. The Hall–Kier alpha value is -2.17. The fraction of sp³-hybridized carbons (Fsp3) is 0.400. The molecule has 1 N–H and O–H groups in total. The number of aryl methyl sites for hydroxylation is 1. The number of hydrogen-bond acceptors (Lipinski definition) is 5. The second kappa shape index (κ2) is 5.86. The van der Waals surface area contributed by atoms with Gasteiger partial charge in [-0.1, -0.05) is 6.07 Å². The van der Waals surface area contributed by atoms with E-state index in [1.54, 1.807) is 19.6 Å². The van der Waals surface area contributed by atoms with Gasteiger partial charge in [0.1, 0.15) is 12.1 Å². The van der Waals surface area contributed by atoms with Crippen molar-refractivity contribution in [2.75, 3.05) is 12.4 Å². The molecule has 0 radical (unpaired) electrons. The summed E-state index contributed by atoms with van der Waals surface area (Å²) in [6.07, 6.45) is 7.93. The quantitative estimate of drug-likeness (QED) is 0.924. The standard InChI is InChI=1S/C15H18N4O/c1-20-15-11(5-4-8-16-15)9-17-14-12-6-2-3-7-13(12)18-10-19-14/h4-5,8,10H,2-3,6-7,9H2,1H3,(H,17,18,19). The predicted molar refractivity (Wildman–Crippen MR) is 76.8 cm³/mol. The zero-order chi connectivity index (χ0) is 13.8. The van der Waals surface area contributed by atoms with Gasteiger partial charge in [0.25, 0.3) is 0 Å². The van der Waals surface area contributed by atoms with E-state index in [1.165, 1.54) is 24.1 Å². The zero-order valence-corrected chi connectivity index (χ0v) is 11.6. The van der Waals surface area contributed by atoms with Crippen LogP contribution in [0.15, 0.2) is 24.7 Å². The van der Waals surface area contributed by atoms with Crippen LogP contribution in [0.1, 0.15) is 29.7 Å². The molecule has 0 unspecified atom stereocenters. The summed E-state index contributed by atoms with van der Waals surface area (Å²) < 4.78 is 5.26. The number of hydrogen-bond donors (Lipinski definition) is 1. The van der Waals surface area contributed by atoms with Crippen LogP contribution in [0.25, 0.3) is 0 Å². The normalized spacial score (nSPS) is 13.7. The van der Waals surface area contributed by atoms with E-state index in [9.17, 15) is 0 Å². The van der Waals surface area contributed by atoms with Crippen LogP contribution < -0.4 is 10.1 Å². The smallest absolute Gasteiger partial charge is 0.218 e. The number of ether oxygens (including phenoxy) is 1. The molecule has 0 atom stereocenters. The van der Waals surface area contributed by atoms with Gasteiger partial charge in [-0.25, -0.2) is 15.0 Å². The highest BCUT2D eigenvalue weighted by Crippen LogP contribution is 2.25. The lowest BCUT2D eigenvalue weighted by atomic mass is 9.96. The summed E-state index contributed by atoms with van der Waals surface area (Å²) >= 11 is 0. The summed E-state index contributed by atoms with van der Waals surface area (Å²) in [5.41, 5.74) is 3.48. The molecule has 0 spiro atoms. The molecule has 0 amide bonds. The van der Waals surface area contributed by atoms with Gasteiger partial charge >= 0.3 is 0 Å². The van der Waals surface area contributed by atoms with Crippen LogP contribution in [0.4, 0.5) is 5.82 Å². The molecule has 2 aromatic rings. The Morgan fingerprint density at radius 1 is 1.20 bits per heavy atom. The van der Waals surface area contributed by atoms with Gasteiger partial charge in [-0.05, 0) is 31.7 Å². The number of aromatic nitrogens is 3. The lowest BCUT2D eigenvalue weighted by molar-refractivity contribution is 0.393. The molecule has 104 valence electrons. The first-order valence-electron chi connectivity index (χ1n) is 6.93. The van der Waals surface area contributed by atoms with Crippen molar-refractivity contribution >= 4 is 5.82 Å². The number of pyridine rings is 1. The highest BCUT2D eigenvalue weighted by molar-refractivity contribution is 5.47. The largest absolute Gasteiger partial charge is 0.481 e. The molecule has 2 aromatic heterocycles. The summed E-state index contributed by atoms with van der Waals surface area (Å²) in [6.45, 7) is 0.653. The van der Waals surface area contributed by atoms with Gasteiger partial charge in [-0.3, -0.25) is 0 Å². The summed E-state index contributed by atoms with van der Waals surface area (Å²) in [7, 11) is 1.64. The molecule has 0 aliphatic heterocycles. The van der Waals surface area contributed by atoms with Crippen molar-refractivity contribution in [1.82, 2.24) is 15.0 Å². The Bertz CT molecular complexity index is 600. The molecule has 3 rings (SSSR count). The first kappa shape index (κ1) is 12.8. The van der Waals surface area contributed by atoms with Gasteiger partial charge in [0, 0.05) is 29.6 Å². The van der Waals surface area contributed by atoms with E-state index in [2.05, 4.69) is 20.3 Å². The van der Waals surface area contributed by atoms with Gasteiger partial charge in [0.2, 0.25) is 5.88 Å². The minimum atomic E-state index is 0.653. The summed E-state index contributed by atoms with van der Waals surface area (Å²) in [4.78, 5) is 13.0. The lowest BCUT2D eigenvalue weighted by Gasteiger charge is -2.18. The first-order valence-corrected chi connectivity index (χ1v) is 6.93. The Morgan fingerprint density at radius 2 is 2.10 bits per heavy atom. The van der Waals surface area contributed by atoms with Crippen molar-refractivity contribution < 1.29 is 4.74 Å². The molecular weight excluding hydrogens is 252 g/mol. The summed E-state index contributed by atoms with van der Waals surface area (Å²) in [5, 5.41) is 3.39. The second-order valence-corrected chi connectivity index (χ2v) is 4.88. The van der Waals surface area contributed by atoms with Crippen molar-refractivity contribution in [3.8, 4) is 5.88 Å². The molecule has 20 heavy (non-hydrogen) atoms. The maximum absolute atomic E-state index is 5.26. The second-order valence-electron chi connectivity index (χ2n) is 4.88. The molecule has 1 aliphatic carbocycles. The van der Waals surface area contributed by atoms with E-state index in [1.807, 2.05) is 12.1 Å². The number of anilines is 1. The monoisotopic (exact) mass is 270 g/mol. The summed E-state index contributed by atoms with van der Waals surface area (Å²) in [6, 6.07) is 3.92. The average Bonchev–Trinajstić information content (AvgIpc) is 2.53. The third kappa shape index (κ3) is 2.57. The zero-order valence-electron chi connectivity index (χ0n) is 11.6. The van der Waals surface area contributed by atoms with Crippen LogP contribution in [0.5, 0.6) is 5.88 Å². The molecule has 0 saturated carbocycles. The van der Waals surface area contributed by atoms with E-state index >= 15 is 0 Å². The fourth-order valence-corrected chi connectivity index (χ4v) is 2.59. The van der Waals surface area contributed by atoms with Gasteiger partial charge < -0.3 is 10.1 Å². The van der Waals surface area contributed by atoms with E-state index in [0.29, 0.717) is 12.4 Å². The highest BCUT2D eigenvalue weighted by Gasteiger charge is 2.15. The Kier molecular flexibility index (Phi) is 3.76. The molecule has 0 fully saturated rings. The molecule has 1 aliphatic rings. The van der Waals surface area contributed by atoms with Crippen LogP contribution in [-0.4, -0.2) is 22.1 Å². The van der Waals surface area contributed by atoms with Gasteiger partial charge in [0.15, 0.2) is 0 Å². The maximum atomic E-state index is 5.26. The minimum Gasteiger partial charge on any atom is -0.481 e. The Balaban J connectivity index is 1.79. The van der Waals surface area contributed by atoms with Gasteiger partial charge in [-0.2, -0.15) is 0 Å². The van der Waals surface area contributed by atoms with Gasteiger partial charge in [-0.15, -0.1) is 0 Å². The van der Waals surface area contributed by atoms with Crippen LogP contribution in [0, 0.1) is 0 Å². The third-order valence-corrected chi connectivity index (χ3v) is 3.61. The van der Waals surface area contributed by atoms with E-state index in [0.717, 1.165) is 24.2 Å². The number of nitrogens with zero attached hydrogens (tertiary/aromatic N) is 3.